The van der Waals surface area contributed by atoms with Crippen molar-refractivity contribution in [3.05, 3.63) is 84.0 Å². The molecule has 6 nitrogen and oxygen atoms in total. The van der Waals surface area contributed by atoms with Crippen molar-refractivity contribution in [2.75, 3.05) is 0 Å². The first-order chi connectivity index (χ1) is 17.7. The predicted octanol–water partition coefficient (Wildman–Crippen LogP) is 8.57. The van der Waals surface area contributed by atoms with E-state index in [-0.39, 0.29) is 17.1 Å². The molecule has 0 atom stereocenters. The molecule has 3 aromatic heterocycles. The van der Waals surface area contributed by atoms with Gasteiger partial charge >= 0.3 is 17.1 Å². The van der Waals surface area contributed by atoms with E-state index >= 15 is 0 Å². The van der Waals surface area contributed by atoms with Gasteiger partial charge in [-0.05, 0) is 52.6 Å². The summed E-state index contributed by atoms with van der Waals surface area (Å²) >= 11 is 0. The van der Waals surface area contributed by atoms with E-state index in [4.69, 9.17) is 21.9 Å². The van der Waals surface area contributed by atoms with Gasteiger partial charge in [-0.2, -0.15) is 21.9 Å². The van der Waals surface area contributed by atoms with E-state index in [2.05, 4.69) is 122 Å². The molecule has 0 aliphatic heterocycles. The van der Waals surface area contributed by atoms with Crippen LogP contribution in [0.25, 0.3) is 0 Å². The van der Waals surface area contributed by atoms with Crippen LogP contribution in [0, 0.1) is 12.9 Å². The molecule has 3 rings (SSSR count). The van der Waals surface area contributed by atoms with Crippen molar-refractivity contribution in [3.63, 3.8) is 0 Å². The number of hydrogen-bond acceptors (Lipinski definition) is 3. The Hall–Kier alpha value is -2.50. The van der Waals surface area contributed by atoms with Crippen LogP contribution in [-0.4, -0.2) is 29.3 Å². The number of rotatable bonds is 10. The minimum Gasteiger partial charge on any atom is -0.293 e. The fourth-order valence-electron chi connectivity index (χ4n) is 4.07. The second-order valence-corrected chi connectivity index (χ2v) is 11.9. The Balaban J connectivity index is 0.00000142. The first-order valence-electron chi connectivity index (χ1n) is 14.1. The molecule has 0 aliphatic carbocycles. The minimum absolute atomic E-state index is 0. The SMILES string of the molecule is CC(C)c1cc(C(C)C)n([C-](n2nc(C(C)C)cc2C(C)C)n2nc(C(C)C)cc2C(C)C)n1.[CH-]=CC=C.[Mn+2]. The van der Waals surface area contributed by atoms with Gasteiger partial charge in [-0.15, -0.1) is 0 Å². The first-order valence-corrected chi connectivity index (χ1v) is 14.1. The fraction of sp³-hybridized carbons (Fsp3) is 0.562. The number of hydrogen-bond donors (Lipinski definition) is 0. The zero-order valence-electron chi connectivity index (χ0n) is 26.2. The molecule has 0 aliphatic rings. The summed E-state index contributed by atoms with van der Waals surface area (Å²) in [5, 5.41) is 15.5. The summed E-state index contributed by atoms with van der Waals surface area (Å²) in [5.74, 6) is 1.92. The molecule has 0 spiro atoms. The summed E-state index contributed by atoms with van der Waals surface area (Å²) in [6.07, 6.45) is 3.79. The number of allylic oxidation sites excluding steroid dienone is 2. The Morgan fingerprint density at radius 3 is 0.974 bits per heavy atom. The summed E-state index contributed by atoms with van der Waals surface area (Å²) in [6.45, 7) is 34.7. The molecular formula is C32H50MnN6. The maximum absolute atomic E-state index is 5.15. The van der Waals surface area contributed by atoms with Crippen LogP contribution >= 0.6 is 0 Å². The normalized spacial score (nSPS) is 11.4. The summed E-state index contributed by atoms with van der Waals surface area (Å²) in [4.78, 5) is 0. The molecule has 0 unspecified atom stereocenters. The number of nitrogens with zero attached hydrogens (tertiary/aromatic N) is 6. The Bertz CT molecular complexity index is 1050. The Morgan fingerprint density at radius 1 is 0.590 bits per heavy atom. The van der Waals surface area contributed by atoms with Crippen LogP contribution in [0.15, 0.2) is 36.9 Å². The molecule has 0 aromatic carbocycles. The van der Waals surface area contributed by atoms with Gasteiger partial charge in [0.25, 0.3) is 0 Å². The molecule has 0 bridgehead atoms. The molecule has 3 aromatic rings. The minimum atomic E-state index is 0. The topological polar surface area (TPSA) is 53.5 Å². The summed E-state index contributed by atoms with van der Waals surface area (Å²) in [7, 11) is 0. The van der Waals surface area contributed by atoms with Gasteiger partial charge in [0.15, 0.2) is 6.29 Å². The van der Waals surface area contributed by atoms with Gasteiger partial charge in [0, 0.05) is 0 Å². The Kier molecular flexibility index (Phi) is 13.1. The molecule has 3 heterocycles. The molecule has 7 heteroatoms. The monoisotopic (exact) mass is 573 g/mol. The molecule has 39 heavy (non-hydrogen) atoms. The summed E-state index contributed by atoms with van der Waals surface area (Å²) < 4.78 is 6.31. The van der Waals surface area contributed by atoms with E-state index in [1.54, 1.807) is 0 Å². The van der Waals surface area contributed by atoms with E-state index in [0.29, 0.717) is 35.5 Å². The van der Waals surface area contributed by atoms with Crippen molar-refractivity contribution >= 4 is 0 Å². The van der Waals surface area contributed by atoms with Crippen LogP contribution in [0.4, 0.5) is 0 Å². The maximum atomic E-state index is 5.15. The van der Waals surface area contributed by atoms with Gasteiger partial charge in [-0.1, -0.05) is 101 Å². The molecule has 0 amide bonds. The van der Waals surface area contributed by atoms with Gasteiger partial charge in [0.05, 0.1) is 17.1 Å². The van der Waals surface area contributed by atoms with Gasteiger partial charge in [-0.25, -0.2) is 12.2 Å². The van der Waals surface area contributed by atoms with E-state index in [0.717, 1.165) is 23.4 Å². The third-order valence-electron chi connectivity index (χ3n) is 6.52. The fourth-order valence-corrected chi connectivity index (χ4v) is 4.07. The first kappa shape index (κ1) is 34.5. The van der Waals surface area contributed by atoms with Crippen molar-refractivity contribution < 1.29 is 17.1 Å². The number of aromatic nitrogens is 6. The van der Waals surface area contributed by atoms with Crippen LogP contribution in [0.2, 0.25) is 0 Å². The quantitative estimate of drug-likeness (QED) is 0.139. The van der Waals surface area contributed by atoms with Gasteiger partial charge in [-0.3, -0.25) is 20.6 Å². The van der Waals surface area contributed by atoms with Crippen LogP contribution in [0.1, 0.15) is 153 Å². The average Bonchev–Trinajstić information content (AvgIpc) is 3.57. The Morgan fingerprint density at radius 2 is 0.821 bits per heavy atom. The summed E-state index contributed by atoms with van der Waals surface area (Å²) in [5.41, 5.74) is 6.78. The van der Waals surface area contributed by atoms with E-state index in [1.165, 1.54) is 29.2 Å². The van der Waals surface area contributed by atoms with Crippen LogP contribution < -0.4 is 0 Å². The van der Waals surface area contributed by atoms with E-state index in [1.807, 2.05) is 0 Å². The zero-order valence-corrected chi connectivity index (χ0v) is 27.4. The smallest absolute Gasteiger partial charge is 0.293 e. The van der Waals surface area contributed by atoms with Gasteiger partial charge < -0.3 is 0 Å². The van der Waals surface area contributed by atoms with Gasteiger partial charge in [0.2, 0.25) is 0 Å². The van der Waals surface area contributed by atoms with Crippen molar-refractivity contribution in [1.29, 1.82) is 0 Å². The van der Waals surface area contributed by atoms with Crippen LogP contribution in [0.5, 0.6) is 0 Å². The third-order valence-corrected chi connectivity index (χ3v) is 6.52. The van der Waals surface area contributed by atoms with Crippen molar-refractivity contribution in [2.24, 2.45) is 0 Å². The van der Waals surface area contributed by atoms with Crippen LogP contribution in [0.3, 0.4) is 0 Å². The third kappa shape index (κ3) is 8.02. The second-order valence-electron chi connectivity index (χ2n) is 11.9. The molecule has 1 radical (unpaired) electrons. The standard InChI is InChI=1S/C28H45N6.C4H5.Mn/c1-16(2)22-13-25(19(7)8)32(29-22)28(33-26(20(9)10)14-23(30-33)17(3)4)34-27(21(11)12)15-24(31-34)18(5)6;1-3-4-2;/h13-21H,1-12H3;1,3-4H,2H2;/q2*-1;+2. The maximum Gasteiger partial charge on any atom is 2.00 e. The van der Waals surface area contributed by atoms with Crippen molar-refractivity contribution in [1.82, 2.24) is 29.3 Å². The zero-order chi connectivity index (χ0) is 28.9. The molecule has 0 saturated heterocycles. The van der Waals surface area contributed by atoms with Crippen molar-refractivity contribution in [3.8, 4) is 0 Å². The average molecular weight is 574 g/mol. The van der Waals surface area contributed by atoms with E-state index < -0.39 is 0 Å². The molecule has 0 saturated carbocycles. The molecular weight excluding hydrogens is 523 g/mol. The Labute approximate surface area is 248 Å². The van der Waals surface area contributed by atoms with Crippen LogP contribution in [-0.2, 0) is 17.1 Å². The van der Waals surface area contributed by atoms with E-state index in [9.17, 15) is 0 Å². The van der Waals surface area contributed by atoms with Crippen molar-refractivity contribution in [2.45, 2.75) is 119 Å². The van der Waals surface area contributed by atoms with Gasteiger partial charge in [0.1, 0.15) is 0 Å². The molecule has 215 valence electrons. The summed E-state index contributed by atoms with van der Waals surface area (Å²) in [6, 6.07) is 6.75. The predicted molar refractivity (Wildman–Crippen MR) is 160 cm³/mol. The molecule has 0 fully saturated rings. The largest absolute Gasteiger partial charge is 2.00 e. The molecule has 0 N–H and O–H groups in total. The second kappa shape index (κ2) is 14.8.